The Balaban J connectivity index is 2.12. The summed E-state index contributed by atoms with van der Waals surface area (Å²) in [5, 5.41) is 19.6. The lowest BCUT2D eigenvalue weighted by Crippen LogP contribution is -2.25. The summed E-state index contributed by atoms with van der Waals surface area (Å²) in [5.41, 5.74) is 1.62. The summed E-state index contributed by atoms with van der Waals surface area (Å²) in [5.74, 6) is 0.262. The van der Waals surface area contributed by atoms with Crippen LogP contribution in [0, 0.1) is 0 Å². The highest BCUT2D eigenvalue weighted by molar-refractivity contribution is 5.76. The summed E-state index contributed by atoms with van der Waals surface area (Å²) in [7, 11) is 1.61. The number of carbonyl (C=O) groups is 1. The molecule has 1 aromatic carbocycles. The fraction of sp³-hybridized carbons (Fsp3) is 0.214. The lowest BCUT2D eigenvalue weighted by atomic mass is 10.1. The molecule has 2 N–H and O–H groups in total. The molecule has 0 radical (unpaired) electrons. The molecule has 1 heterocycles. The normalized spacial score (nSPS) is 11.7. The molecule has 1 atom stereocenters. The van der Waals surface area contributed by atoms with Crippen LogP contribution < -0.4 is 10.1 Å². The Morgan fingerprint density at radius 2 is 1.90 bits per heavy atom. The predicted octanol–water partition coefficient (Wildman–Crippen LogP) is 2.04. The van der Waals surface area contributed by atoms with Gasteiger partial charge in [-0.1, -0.05) is 0 Å². The molecule has 2 rings (SSSR count). The summed E-state index contributed by atoms with van der Waals surface area (Å²) in [4.78, 5) is 10.7. The van der Waals surface area contributed by atoms with Gasteiger partial charge < -0.3 is 15.2 Å². The van der Waals surface area contributed by atoms with Crippen LogP contribution in [0.25, 0.3) is 11.3 Å². The maximum Gasteiger partial charge on any atom is 0.325 e. The van der Waals surface area contributed by atoms with Gasteiger partial charge in [-0.25, -0.2) is 0 Å². The number of hydrogen-bond acceptors (Lipinski definition) is 5. The first-order valence-corrected chi connectivity index (χ1v) is 6.07. The zero-order chi connectivity index (χ0) is 14.5. The zero-order valence-corrected chi connectivity index (χ0v) is 11.2. The molecule has 6 nitrogen and oxygen atoms in total. The molecule has 6 heteroatoms. The second-order valence-corrected chi connectivity index (χ2v) is 4.24. The first-order chi connectivity index (χ1) is 9.60. The van der Waals surface area contributed by atoms with E-state index in [2.05, 4.69) is 15.5 Å². The van der Waals surface area contributed by atoms with Gasteiger partial charge in [-0.2, -0.15) is 0 Å². The molecule has 0 aliphatic rings. The van der Waals surface area contributed by atoms with Crippen molar-refractivity contribution in [2.75, 3.05) is 12.4 Å². The fourth-order valence-electron chi connectivity index (χ4n) is 1.61. The van der Waals surface area contributed by atoms with Gasteiger partial charge in [-0.15, -0.1) is 10.2 Å². The third kappa shape index (κ3) is 3.23. The van der Waals surface area contributed by atoms with Crippen molar-refractivity contribution in [3.05, 3.63) is 36.4 Å². The van der Waals surface area contributed by atoms with Gasteiger partial charge in [0.1, 0.15) is 17.6 Å². The minimum absolute atomic E-state index is 0.428. The van der Waals surface area contributed by atoms with Gasteiger partial charge in [0.05, 0.1) is 12.8 Å². The number of anilines is 1. The first kappa shape index (κ1) is 13.8. The van der Waals surface area contributed by atoms with E-state index >= 15 is 0 Å². The molecule has 0 spiro atoms. The third-order valence-corrected chi connectivity index (χ3v) is 2.79. The summed E-state index contributed by atoms with van der Waals surface area (Å²) in [6, 6.07) is 10.2. The van der Waals surface area contributed by atoms with Crippen molar-refractivity contribution in [1.82, 2.24) is 10.2 Å². The SMILES string of the molecule is COc1ccc(-c2ccc(NC(C)C(=O)O)nn2)cc1. The van der Waals surface area contributed by atoms with Gasteiger partial charge in [0.2, 0.25) is 0 Å². The topological polar surface area (TPSA) is 84.3 Å². The van der Waals surface area contributed by atoms with Crippen LogP contribution in [0.15, 0.2) is 36.4 Å². The molecule has 0 fully saturated rings. The van der Waals surface area contributed by atoms with Crippen LogP contribution in [0.1, 0.15) is 6.92 Å². The standard InChI is InChI=1S/C14H15N3O3/c1-9(14(18)19)15-13-8-7-12(16-17-13)10-3-5-11(20-2)6-4-10/h3-9H,1-2H3,(H,15,17)(H,18,19). The number of aliphatic carboxylic acids is 1. The number of carboxylic acid groups (broad SMARTS) is 1. The Kier molecular flexibility index (Phi) is 4.14. The van der Waals surface area contributed by atoms with Crippen LogP contribution in [0.4, 0.5) is 5.82 Å². The van der Waals surface area contributed by atoms with Crippen molar-refractivity contribution in [3.8, 4) is 17.0 Å². The number of nitrogens with one attached hydrogen (secondary N) is 1. The quantitative estimate of drug-likeness (QED) is 0.867. The van der Waals surface area contributed by atoms with E-state index in [9.17, 15) is 4.79 Å². The van der Waals surface area contributed by atoms with E-state index in [0.717, 1.165) is 11.3 Å². The highest BCUT2D eigenvalue weighted by Gasteiger charge is 2.11. The Bertz CT molecular complexity index is 582. The molecular weight excluding hydrogens is 258 g/mol. The van der Waals surface area contributed by atoms with Crippen molar-refractivity contribution >= 4 is 11.8 Å². The average molecular weight is 273 g/mol. The summed E-state index contributed by atoms with van der Waals surface area (Å²) < 4.78 is 5.09. The third-order valence-electron chi connectivity index (χ3n) is 2.79. The first-order valence-electron chi connectivity index (χ1n) is 6.07. The van der Waals surface area contributed by atoms with Gasteiger partial charge >= 0.3 is 5.97 Å². The van der Waals surface area contributed by atoms with E-state index in [1.807, 2.05) is 24.3 Å². The van der Waals surface area contributed by atoms with Crippen molar-refractivity contribution < 1.29 is 14.6 Å². The van der Waals surface area contributed by atoms with Crippen molar-refractivity contribution in [3.63, 3.8) is 0 Å². The van der Waals surface area contributed by atoms with Crippen molar-refractivity contribution in [1.29, 1.82) is 0 Å². The number of rotatable bonds is 5. The maximum atomic E-state index is 10.7. The number of hydrogen-bond donors (Lipinski definition) is 2. The van der Waals surface area contributed by atoms with Gasteiger partial charge in [0.25, 0.3) is 0 Å². The Morgan fingerprint density at radius 1 is 1.20 bits per heavy atom. The molecular formula is C14H15N3O3. The fourth-order valence-corrected chi connectivity index (χ4v) is 1.61. The van der Waals surface area contributed by atoms with E-state index in [0.29, 0.717) is 11.5 Å². The Morgan fingerprint density at radius 3 is 2.40 bits per heavy atom. The van der Waals surface area contributed by atoms with Crippen LogP contribution in [-0.4, -0.2) is 34.4 Å². The van der Waals surface area contributed by atoms with Crippen LogP contribution in [0.2, 0.25) is 0 Å². The van der Waals surface area contributed by atoms with Crippen LogP contribution >= 0.6 is 0 Å². The Hall–Kier alpha value is -2.63. The lowest BCUT2D eigenvalue weighted by Gasteiger charge is -2.09. The molecule has 0 saturated carbocycles. The van der Waals surface area contributed by atoms with Crippen LogP contribution in [0.3, 0.4) is 0 Å². The number of benzene rings is 1. The van der Waals surface area contributed by atoms with Crippen molar-refractivity contribution in [2.24, 2.45) is 0 Å². The van der Waals surface area contributed by atoms with E-state index in [4.69, 9.17) is 9.84 Å². The number of aromatic nitrogens is 2. The number of nitrogens with zero attached hydrogens (tertiary/aromatic N) is 2. The summed E-state index contributed by atoms with van der Waals surface area (Å²) in [6.07, 6.45) is 0. The van der Waals surface area contributed by atoms with E-state index in [1.165, 1.54) is 0 Å². The van der Waals surface area contributed by atoms with Gasteiger partial charge in [0.15, 0.2) is 0 Å². The lowest BCUT2D eigenvalue weighted by molar-refractivity contribution is -0.137. The van der Waals surface area contributed by atoms with E-state index in [-0.39, 0.29) is 0 Å². The Labute approximate surface area is 116 Å². The van der Waals surface area contributed by atoms with Crippen molar-refractivity contribution in [2.45, 2.75) is 13.0 Å². The molecule has 0 amide bonds. The largest absolute Gasteiger partial charge is 0.497 e. The maximum absolute atomic E-state index is 10.7. The summed E-state index contributed by atoms with van der Waals surface area (Å²) >= 11 is 0. The molecule has 0 aliphatic heterocycles. The number of carboxylic acids is 1. The van der Waals surface area contributed by atoms with Gasteiger partial charge in [-0.3, -0.25) is 4.79 Å². The van der Waals surface area contributed by atoms with Crippen LogP contribution in [0.5, 0.6) is 5.75 Å². The highest BCUT2D eigenvalue weighted by Crippen LogP contribution is 2.20. The van der Waals surface area contributed by atoms with Crippen LogP contribution in [-0.2, 0) is 4.79 Å². The van der Waals surface area contributed by atoms with E-state index < -0.39 is 12.0 Å². The average Bonchev–Trinajstić information content (AvgIpc) is 2.48. The minimum Gasteiger partial charge on any atom is -0.497 e. The smallest absolute Gasteiger partial charge is 0.325 e. The van der Waals surface area contributed by atoms with Gasteiger partial charge in [-0.05, 0) is 43.3 Å². The second-order valence-electron chi connectivity index (χ2n) is 4.24. The van der Waals surface area contributed by atoms with E-state index in [1.54, 1.807) is 26.2 Å². The molecule has 0 bridgehead atoms. The molecule has 20 heavy (non-hydrogen) atoms. The summed E-state index contributed by atoms with van der Waals surface area (Å²) in [6.45, 7) is 1.54. The zero-order valence-electron chi connectivity index (χ0n) is 11.2. The highest BCUT2D eigenvalue weighted by atomic mass is 16.5. The minimum atomic E-state index is -0.939. The molecule has 0 saturated heterocycles. The monoisotopic (exact) mass is 273 g/mol. The second kappa shape index (κ2) is 6.01. The molecule has 1 unspecified atom stereocenters. The molecule has 2 aromatic rings. The molecule has 104 valence electrons. The number of ether oxygens (including phenoxy) is 1. The molecule has 1 aromatic heterocycles. The number of methoxy groups -OCH3 is 1. The predicted molar refractivity (Wildman–Crippen MR) is 74.7 cm³/mol. The van der Waals surface area contributed by atoms with Gasteiger partial charge in [0, 0.05) is 5.56 Å². The molecule has 0 aliphatic carbocycles.